The van der Waals surface area contributed by atoms with Gasteiger partial charge in [0.1, 0.15) is 0 Å². The normalized spacial score (nSPS) is 15.9. The fourth-order valence-electron chi connectivity index (χ4n) is 2.94. The van der Waals surface area contributed by atoms with E-state index in [1.165, 1.54) is 11.1 Å². The Morgan fingerprint density at radius 2 is 1.91 bits per heavy atom. The summed E-state index contributed by atoms with van der Waals surface area (Å²) in [6.07, 6.45) is 2.23. The molecule has 0 unspecified atom stereocenters. The van der Waals surface area contributed by atoms with Gasteiger partial charge in [-0.1, -0.05) is 12.1 Å². The standard InChI is InChI=1S/C18H23N3O/c1-13-3-4-16(11-14(13)2)17-5-6-18(22)21(20-17)12-15-7-9-19-10-8-15/h3-6,11,15,19H,7-10,12H2,1-2H3. The van der Waals surface area contributed by atoms with Gasteiger partial charge in [-0.3, -0.25) is 4.79 Å². The summed E-state index contributed by atoms with van der Waals surface area (Å²) in [5, 5.41) is 7.95. The van der Waals surface area contributed by atoms with Crippen LogP contribution in [0.5, 0.6) is 0 Å². The Balaban J connectivity index is 1.88. The second-order valence-corrected chi connectivity index (χ2v) is 6.23. The van der Waals surface area contributed by atoms with Crippen LogP contribution < -0.4 is 10.9 Å². The summed E-state index contributed by atoms with van der Waals surface area (Å²) >= 11 is 0. The van der Waals surface area contributed by atoms with Crippen LogP contribution in [0.15, 0.2) is 35.1 Å². The van der Waals surface area contributed by atoms with Gasteiger partial charge in [-0.05, 0) is 69.0 Å². The molecule has 3 rings (SSSR count). The fourth-order valence-corrected chi connectivity index (χ4v) is 2.94. The Morgan fingerprint density at radius 1 is 1.14 bits per heavy atom. The molecule has 22 heavy (non-hydrogen) atoms. The maximum absolute atomic E-state index is 12.1. The van der Waals surface area contributed by atoms with Gasteiger partial charge in [0.25, 0.3) is 5.56 Å². The van der Waals surface area contributed by atoms with Crippen LogP contribution in [0.1, 0.15) is 24.0 Å². The molecule has 1 N–H and O–H groups in total. The van der Waals surface area contributed by atoms with E-state index < -0.39 is 0 Å². The molecule has 0 aliphatic carbocycles. The molecule has 1 fully saturated rings. The van der Waals surface area contributed by atoms with Crippen LogP contribution in [0.2, 0.25) is 0 Å². The van der Waals surface area contributed by atoms with Crippen LogP contribution in [0.3, 0.4) is 0 Å². The minimum absolute atomic E-state index is 0.00823. The molecule has 0 atom stereocenters. The minimum Gasteiger partial charge on any atom is -0.317 e. The van der Waals surface area contributed by atoms with Crippen molar-refractivity contribution in [3.05, 3.63) is 51.8 Å². The van der Waals surface area contributed by atoms with Crippen molar-refractivity contribution >= 4 is 0 Å². The van der Waals surface area contributed by atoms with E-state index in [0.29, 0.717) is 5.92 Å². The van der Waals surface area contributed by atoms with E-state index in [1.807, 2.05) is 6.07 Å². The zero-order valence-electron chi connectivity index (χ0n) is 13.3. The number of benzene rings is 1. The molecule has 0 saturated carbocycles. The van der Waals surface area contributed by atoms with E-state index in [9.17, 15) is 4.79 Å². The molecular formula is C18H23N3O. The molecule has 0 spiro atoms. The Morgan fingerprint density at radius 3 is 2.64 bits per heavy atom. The molecule has 116 valence electrons. The smallest absolute Gasteiger partial charge is 0.266 e. The first-order valence-electron chi connectivity index (χ1n) is 8.00. The van der Waals surface area contributed by atoms with Gasteiger partial charge in [0.15, 0.2) is 0 Å². The highest BCUT2D eigenvalue weighted by atomic mass is 16.1. The Labute approximate surface area is 131 Å². The molecule has 1 aliphatic heterocycles. The molecule has 2 aromatic rings. The van der Waals surface area contributed by atoms with Crippen LogP contribution in [0.25, 0.3) is 11.3 Å². The summed E-state index contributed by atoms with van der Waals surface area (Å²) in [5.41, 5.74) is 4.45. The van der Waals surface area contributed by atoms with Crippen molar-refractivity contribution < 1.29 is 0 Å². The van der Waals surface area contributed by atoms with E-state index in [-0.39, 0.29) is 5.56 Å². The number of hydrogen-bond acceptors (Lipinski definition) is 3. The SMILES string of the molecule is Cc1ccc(-c2ccc(=O)n(CC3CCNCC3)n2)cc1C. The number of aromatic nitrogens is 2. The molecule has 1 saturated heterocycles. The lowest BCUT2D eigenvalue weighted by Gasteiger charge is -2.22. The molecule has 1 aromatic carbocycles. The number of nitrogens with one attached hydrogen (secondary N) is 1. The first-order chi connectivity index (χ1) is 10.6. The summed E-state index contributed by atoms with van der Waals surface area (Å²) < 4.78 is 1.64. The molecule has 4 heteroatoms. The van der Waals surface area contributed by atoms with Gasteiger partial charge < -0.3 is 5.32 Å². The highest BCUT2D eigenvalue weighted by Gasteiger charge is 2.15. The molecule has 0 radical (unpaired) electrons. The van der Waals surface area contributed by atoms with Gasteiger partial charge >= 0.3 is 0 Å². The third-order valence-corrected chi connectivity index (χ3v) is 4.56. The van der Waals surface area contributed by atoms with E-state index in [4.69, 9.17) is 0 Å². The summed E-state index contributed by atoms with van der Waals surface area (Å²) in [6, 6.07) is 9.78. The van der Waals surface area contributed by atoms with Crippen molar-refractivity contribution in [2.75, 3.05) is 13.1 Å². The van der Waals surface area contributed by atoms with Gasteiger partial charge in [0.2, 0.25) is 0 Å². The Kier molecular flexibility index (Phi) is 4.39. The van der Waals surface area contributed by atoms with Crippen molar-refractivity contribution in [2.24, 2.45) is 5.92 Å². The first kappa shape index (κ1) is 15.0. The van der Waals surface area contributed by atoms with Crippen molar-refractivity contribution in [3.63, 3.8) is 0 Å². The quantitative estimate of drug-likeness (QED) is 0.947. The zero-order valence-corrected chi connectivity index (χ0v) is 13.3. The Bertz CT molecular complexity index is 715. The summed E-state index contributed by atoms with van der Waals surface area (Å²) in [6.45, 7) is 7.00. The average Bonchev–Trinajstić information content (AvgIpc) is 2.53. The predicted octanol–water partition coefficient (Wildman–Crippen LogP) is 2.53. The van der Waals surface area contributed by atoms with E-state index in [0.717, 1.165) is 43.7 Å². The fraction of sp³-hybridized carbons (Fsp3) is 0.444. The van der Waals surface area contributed by atoms with Crippen LogP contribution in [-0.2, 0) is 6.54 Å². The van der Waals surface area contributed by atoms with Crippen LogP contribution in [-0.4, -0.2) is 22.9 Å². The lowest BCUT2D eigenvalue weighted by atomic mass is 9.98. The second-order valence-electron chi connectivity index (χ2n) is 6.23. The van der Waals surface area contributed by atoms with Crippen molar-refractivity contribution in [2.45, 2.75) is 33.2 Å². The molecule has 1 aliphatic rings. The van der Waals surface area contributed by atoms with Crippen LogP contribution in [0.4, 0.5) is 0 Å². The molecule has 0 amide bonds. The van der Waals surface area contributed by atoms with Gasteiger partial charge in [-0.25, -0.2) is 4.68 Å². The lowest BCUT2D eigenvalue weighted by molar-refractivity contribution is 0.315. The van der Waals surface area contributed by atoms with Crippen molar-refractivity contribution in [1.29, 1.82) is 0 Å². The number of aryl methyl sites for hydroxylation is 2. The third-order valence-electron chi connectivity index (χ3n) is 4.56. The number of piperidine rings is 1. The predicted molar refractivity (Wildman–Crippen MR) is 89.0 cm³/mol. The summed E-state index contributed by atoms with van der Waals surface area (Å²) in [4.78, 5) is 12.1. The largest absolute Gasteiger partial charge is 0.317 e. The number of hydrogen-bond donors (Lipinski definition) is 1. The third kappa shape index (κ3) is 3.28. The minimum atomic E-state index is -0.00823. The van der Waals surface area contributed by atoms with Gasteiger partial charge in [0, 0.05) is 18.2 Å². The lowest BCUT2D eigenvalue weighted by Crippen LogP contribution is -2.33. The molecule has 1 aromatic heterocycles. The summed E-state index contributed by atoms with van der Waals surface area (Å²) in [7, 11) is 0. The van der Waals surface area contributed by atoms with Crippen molar-refractivity contribution in [3.8, 4) is 11.3 Å². The Hall–Kier alpha value is -1.94. The average molecular weight is 297 g/mol. The van der Waals surface area contributed by atoms with E-state index >= 15 is 0 Å². The monoisotopic (exact) mass is 297 g/mol. The molecular weight excluding hydrogens is 274 g/mol. The zero-order chi connectivity index (χ0) is 15.5. The van der Waals surface area contributed by atoms with Gasteiger partial charge in [-0.15, -0.1) is 0 Å². The number of rotatable bonds is 3. The highest BCUT2D eigenvalue weighted by Crippen LogP contribution is 2.20. The number of nitrogens with zero attached hydrogens (tertiary/aromatic N) is 2. The van der Waals surface area contributed by atoms with Crippen molar-refractivity contribution in [1.82, 2.24) is 15.1 Å². The topological polar surface area (TPSA) is 46.9 Å². The van der Waals surface area contributed by atoms with Gasteiger partial charge in [-0.2, -0.15) is 5.10 Å². The highest BCUT2D eigenvalue weighted by molar-refractivity contribution is 5.60. The molecule has 0 bridgehead atoms. The first-order valence-corrected chi connectivity index (χ1v) is 8.00. The molecule has 4 nitrogen and oxygen atoms in total. The van der Waals surface area contributed by atoms with E-state index in [2.05, 4.69) is 42.5 Å². The summed E-state index contributed by atoms with van der Waals surface area (Å²) in [5.74, 6) is 0.543. The second kappa shape index (κ2) is 6.44. The molecule has 2 heterocycles. The van der Waals surface area contributed by atoms with Gasteiger partial charge in [0.05, 0.1) is 5.69 Å². The van der Waals surface area contributed by atoms with Crippen LogP contribution in [0, 0.1) is 19.8 Å². The maximum atomic E-state index is 12.1. The van der Waals surface area contributed by atoms with E-state index in [1.54, 1.807) is 10.7 Å². The van der Waals surface area contributed by atoms with Crippen LogP contribution >= 0.6 is 0 Å². The maximum Gasteiger partial charge on any atom is 0.266 e.